The highest BCUT2D eigenvalue weighted by atomic mass is 16.5. The molecule has 0 spiro atoms. The SMILES string of the molecule is CO[C@H]1CN[C@@]1(C)C(=O)Nc1ccc2c(c1)CCN(C(C)C)C2. The molecule has 126 valence electrons. The van der Waals surface area contributed by atoms with Crippen molar-refractivity contribution in [3.63, 3.8) is 0 Å². The van der Waals surface area contributed by atoms with Crippen LogP contribution in [-0.2, 0) is 22.5 Å². The monoisotopic (exact) mass is 317 g/mol. The zero-order chi connectivity index (χ0) is 16.6. The van der Waals surface area contributed by atoms with E-state index in [0.717, 1.165) is 31.7 Å². The Morgan fingerprint density at radius 1 is 1.43 bits per heavy atom. The molecule has 23 heavy (non-hydrogen) atoms. The molecule has 0 aliphatic carbocycles. The molecule has 2 atom stereocenters. The molecule has 0 saturated carbocycles. The average Bonchev–Trinajstić information content (AvgIpc) is 2.52. The molecular formula is C18H27N3O2. The molecule has 5 heteroatoms. The van der Waals surface area contributed by atoms with Crippen LogP contribution in [0.5, 0.6) is 0 Å². The fraction of sp³-hybridized carbons (Fsp3) is 0.611. The molecule has 2 N–H and O–H groups in total. The van der Waals surface area contributed by atoms with E-state index < -0.39 is 5.54 Å². The number of ether oxygens (including phenoxy) is 1. The van der Waals surface area contributed by atoms with Gasteiger partial charge in [0.15, 0.2) is 0 Å². The third-order valence-electron chi connectivity index (χ3n) is 5.29. The zero-order valence-corrected chi connectivity index (χ0v) is 14.5. The standard InChI is InChI=1S/C18H27N3O2/c1-12(2)21-8-7-13-9-15(6-5-14(13)11-21)20-17(22)18(3)16(23-4)10-19-18/h5-6,9,12,16,19H,7-8,10-11H2,1-4H3,(H,20,22)/t16-,18+/m0/s1. The second kappa shape index (κ2) is 6.23. The summed E-state index contributed by atoms with van der Waals surface area (Å²) in [4.78, 5) is 15.0. The average molecular weight is 317 g/mol. The van der Waals surface area contributed by atoms with Crippen molar-refractivity contribution in [1.82, 2.24) is 10.2 Å². The molecule has 3 rings (SSSR count). The van der Waals surface area contributed by atoms with Crippen LogP contribution in [0.25, 0.3) is 0 Å². The van der Waals surface area contributed by atoms with Gasteiger partial charge in [0.05, 0.1) is 6.10 Å². The van der Waals surface area contributed by atoms with Crippen LogP contribution in [0.3, 0.4) is 0 Å². The molecule has 1 fully saturated rings. The molecule has 1 saturated heterocycles. The lowest BCUT2D eigenvalue weighted by Gasteiger charge is -2.45. The number of rotatable bonds is 4. The van der Waals surface area contributed by atoms with Gasteiger partial charge in [0.2, 0.25) is 5.91 Å². The molecule has 5 nitrogen and oxygen atoms in total. The van der Waals surface area contributed by atoms with Crippen molar-refractivity contribution >= 4 is 11.6 Å². The molecule has 0 aromatic heterocycles. The first-order valence-corrected chi connectivity index (χ1v) is 8.39. The first kappa shape index (κ1) is 16.4. The lowest BCUT2D eigenvalue weighted by Crippen LogP contribution is -2.73. The van der Waals surface area contributed by atoms with Gasteiger partial charge in [-0.05, 0) is 50.5 Å². The number of nitrogens with one attached hydrogen (secondary N) is 2. The van der Waals surface area contributed by atoms with E-state index in [-0.39, 0.29) is 12.0 Å². The number of amides is 1. The first-order chi connectivity index (χ1) is 10.9. The molecule has 0 bridgehead atoms. The molecule has 2 heterocycles. The lowest BCUT2D eigenvalue weighted by molar-refractivity contribution is -0.134. The summed E-state index contributed by atoms with van der Waals surface area (Å²) in [5, 5.41) is 6.22. The Balaban J connectivity index is 1.70. The van der Waals surface area contributed by atoms with Crippen LogP contribution >= 0.6 is 0 Å². The summed E-state index contributed by atoms with van der Waals surface area (Å²) in [6, 6.07) is 6.83. The van der Waals surface area contributed by atoms with E-state index in [9.17, 15) is 4.79 Å². The van der Waals surface area contributed by atoms with Crippen molar-refractivity contribution in [2.75, 3.05) is 25.5 Å². The van der Waals surface area contributed by atoms with Gasteiger partial charge in [0.1, 0.15) is 5.54 Å². The van der Waals surface area contributed by atoms with E-state index in [1.54, 1.807) is 7.11 Å². The molecule has 1 amide bonds. The van der Waals surface area contributed by atoms with Gasteiger partial charge in [-0.1, -0.05) is 6.07 Å². The summed E-state index contributed by atoms with van der Waals surface area (Å²) in [6.07, 6.45) is 0.965. The maximum Gasteiger partial charge on any atom is 0.247 e. The minimum atomic E-state index is -0.640. The quantitative estimate of drug-likeness (QED) is 0.889. The van der Waals surface area contributed by atoms with Gasteiger partial charge in [-0.15, -0.1) is 0 Å². The topological polar surface area (TPSA) is 53.6 Å². The van der Waals surface area contributed by atoms with Crippen LogP contribution in [0.15, 0.2) is 18.2 Å². The molecule has 0 unspecified atom stereocenters. The highest BCUT2D eigenvalue weighted by Gasteiger charge is 2.49. The van der Waals surface area contributed by atoms with E-state index in [0.29, 0.717) is 6.04 Å². The van der Waals surface area contributed by atoms with E-state index >= 15 is 0 Å². The predicted octanol–water partition coefficient (Wildman–Crippen LogP) is 1.77. The Kier molecular flexibility index (Phi) is 4.45. The fourth-order valence-electron chi connectivity index (χ4n) is 3.39. The van der Waals surface area contributed by atoms with Crippen LogP contribution in [0.2, 0.25) is 0 Å². The number of carbonyl (C=O) groups excluding carboxylic acids is 1. The van der Waals surface area contributed by atoms with Crippen molar-refractivity contribution in [2.45, 2.75) is 51.4 Å². The van der Waals surface area contributed by atoms with Gasteiger partial charge in [-0.3, -0.25) is 15.0 Å². The predicted molar refractivity (Wildman–Crippen MR) is 91.5 cm³/mol. The Morgan fingerprint density at radius 2 is 2.22 bits per heavy atom. The largest absolute Gasteiger partial charge is 0.378 e. The van der Waals surface area contributed by atoms with Gasteiger partial charge in [-0.2, -0.15) is 0 Å². The highest BCUT2D eigenvalue weighted by Crippen LogP contribution is 2.26. The highest BCUT2D eigenvalue weighted by molar-refractivity contribution is 5.99. The Morgan fingerprint density at radius 3 is 2.83 bits per heavy atom. The molecule has 2 aliphatic heterocycles. The number of hydrogen-bond donors (Lipinski definition) is 2. The van der Waals surface area contributed by atoms with Crippen LogP contribution in [0, 0.1) is 0 Å². The smallest absolute Gasteiger partial charge is 0.247 e. The summed E-state index contributed by atoms with van der Waals surface area (Å²) in [5.41, 5.74) is 2.94. The summed E-state index contributed by atoms with van der Waals surface area (Å²) >= 11 is 0. The number of benzene rings is 1. The number of hydrogen-bond acceptors (Lipinski definition) is 4. The first-order valence-electron chi connectivity index (χ1n) is 8.39. The summed E-state index contributed by atoms with van der Waals surface area (Å²) < 4.78 is 5.36. The number of methoxy groups -OCH3 is 1. The summed E-state index contributed by atoms with van der Waals surface area (Å²) in [5.74, 6) is -0.0323. The number of fused-ring (bicyclic) bond motifs is 1. The molecule has 2 aliphatic rings. The normalized spacial score (nSPS) is 27.4. The third-order valence-corrected chi connectivity index (χ3v) is 5.29. The number of nitrogens with zero attached hydrogens (tertiary/aromatic N) is 1. The van der Waals surface area contributed by atoms with E-state index in [4.69, 9.17) is 4.74 Å². The van der Waals surface area contributed by atoms with Gasteiger partial charge in [0, 0.05) is 38.5 Å². The van der Waals surface area contributed by atoms with E-state index in [1.807, 2.05) is 13.0 Å². The van der Waals surface area contributed by atoms with Crippen molar-refractivity contribution in [2.24, 2.45) is 0 Å². The van der Waals surface area contributed by atoms with Crippen LogP contribution in [0.4, 0.5) is 5.69 Å². The number of carbonyl (C=O) groups is 1. The summed E-state index contributed by atoms with van der Waals surface area (Å²) in [7, 11) is 1.65. The van der Waals surface area contributed by atoms with Crippen molar-refractivity contribution in [3.05, 3.63) is 29.3 Å². The van der Waals surface area contributed by atoms with Gasteiger partial charge in [0.25, 0.3) is 0 Å². The van der Waals surface area contributed by atoms with Crippen molar-refractivity contribution in [1.29, 1.82) is 0 Å². The van der Waals surface area contributed by atoms with Crippen molar-refractivity contribution < 1.29 is 9.53 Å². The summed E-state index contributed by atoms with van der Waals surface area (Å²) in [6.45, 7) is 9.14. The van der Waals surface area contributed by atoms with Gasteiger partial charge >= 0.3 is 0 Å². The maximum absolute atomic E-state index is 12.5. The fourth-order valence-corrected chi connectivity index (χ4v) is 3.39. The zero-order valence-electron chi connectivity index (χ0n) is 14.5. The minimum absolute atomic E-state index is 0.0323. The second-order valence-corrected chi connectivity index (χ2v) is 7.06. The van der Waals surface area contributed by atoms with Crippen LogP contribution in [0.1, 0.15) is 31.9 Å². The van der Waals surface area contributed by atoms with Crippen LogP contribution in [-0.4, -0.2) is 48.7 Å². The van der Waals surface area contributed by atoms with Crippen LogP contribution < -0.4 is 10.6 Å². The van der Waals surface area contributed by atoms with Gasteiger partial charge < -0.3 is 10.1 Å². The van der Waals surface area contributed by atoms with E-state index in [1.165, 1.54) is 11.1 Å². The Bertz CT molecular complexity index is 600. The third kappa shape index (κ3) is 3.01. The second-order valence-electron chi connectivity index (χ2n) is 7.06. The Hall–Kier alpha value is -1.43. The lowest BCUT2D eigenvalue weighted by atomic mass is 9.85. The van der Waals surface area contributed by atoms with Gasteiger partial charge in [-0.25, -0.2) is 0 Å². The molecular weight excluding hydrogens is 290 g/mol. The minimum Gasteiger partial charge on any atom is -0.378 e. The molecule has 0 radical (unpaired) electrons. The molecule has 1 aromatic carbocycles. The number of anilines is 1. The van der Waals surface area contributed by atoms with E-state index in [2.05, 4.69) is 41.5 Å². The maximum atomic E-state index is 12.5. The Labute approximate surface area is 138 Å². The van der Waals surface area contributed by atoms with Crippen molar-refractivity contribution in [3.8, 4) is 0 Å². The molecule has 1 aromatic rings.